The summed E-state index contributed by atoms with van der Waals surface area (Å²) in [6.45, 7) is 6.68. The van der Waals surface area contributed by atoms with Gasteiger partial charge < -0.3 is 21.1 Å². The Morgan fingerprint density at radius 3 is 2.70 bits per heavy atom. The molecule has 2 heterocycles. The van der Waals surface area contributed by atoms with Crippen LogP contribution in [0.15, 0.2) is 61.2 Å². The molecule has 4 N–H and O–H groups in total. The van der Waals surface area contributed by atoms with Gasteiger partial charge in [-0.1, -0.05) is 36.9 Å². The zero-order valence-electron chi connectivity index (χ0n) is 18.7. The third-order valence-electron chi connectivity index (χ3n) is 6.13. The quantitative estimate of drug-likeness (QED) is 0.660. The van der Waals surface area contributed by atoms with Gasteiger partial charge in [0.15, 0.2) is 0 Å². The molecule has 8 heteroatoms. The van der Waals surface area contributed by atoms with Gasteiger partial charge in [0.1, 0.15) is 28.4 Å². The number of amides is 2. The minimum atomic E-state index is -0.633. The summed E-state index contributed by atoms with van der Waals surface area (Å²) in [5.74, 6) is 0.241. The van der Waals surface area contributed by atoms with Gasteiger partial charge in [0.05, 0.1) is 6.04 Å². The summed E-state index contributed by atoms with van der Waals surface area (Å²) in [5.41, 5.74) is 12.9. The topological polar surface area (TPSA) is 116 Å². The minimum absolute atomic E-state index is 0.128. The average molecular weight is 448 g/mol. The van der Waals surface area contributed by atoms with E-state index in [1.54, 1.807) is 9.58 Å². The van der Waals surface area contributed by atoms with Gasteiger partial charge in [0.2, 0.25) is 5.91 Å². The van der Waals surface area contributed by atoms with Crippen molar-refractivity contribution in [2.75, 3.05) is 18.8 Å². The van der Waals surface area contributed by atoms with Gasteiger partial charge in [0.25, 0.3) is 5.91 Å². The molecule has 33 heavy (non-hydrogen) atoms. The van der Waals surface area contributed by atoms with Crippen LogP contribution < -0.4 is 16.2 Å². The predicted molar refractivity (Wildman–Crippen MR) is 127 cm³/mol. The molecule has 1 saturated heterocycles. The molecule has 1 aromatic heterocycles. The summed E-state index contributed by atoms with van der Waals surface area (Å²) in [5, 5.41) is 4.70. The van der Waals surface area contributed by atoms with Crippen LogP contribution in [0.4, 0.5) is 5.82 Å². The normalized spacial score (nSPS) is 22.5. The van der Waals surface area contributed by atoms with Gasteiger partial charge in [0, 0.05) is 19.5 Å². The largest absolute Gasteiger partial charge is 0.483 e. The Bertz CT molecular complexity index is 1130. The number of anilines is 1. The molecular formula is C25H29N5O3. The van der Waals surface area contributed by atoms with Crippen LogP contribution in [0.25, 0.3) is 5.57 Å². The Balaban J connectivity index is 1.60. The molecule has 0 spiro atoms. The molecule has 2 aliphatic rings. The fourth-order valence-corrected chi connectivity index (χ4v) is 4.38. The predicted octanol–water partition coefficient (Wildman–Crippen LogP) is 3.09. The van der Waals surface area contributed by atoms with Crippen LogP contribution in [0.2, 0.25) is 0 Å². The van der Waals surface area contributed by atoms with Crippen molar-refractivity contribution in [1.29, 1.82) is 0 Å². The van der Waals surface area contributed by atoms with Crippen LogP contribution in [-0.2, 0) is 4.79 Å². The van der Waals surface area contributed by atoms with Crippen molar-refractivity contribution >= 4 is 23.2 Å². The van der Waals surface area contributed by atoms with Crippen molar-refractivity contribution in [1.82, 2.24) is 14.7 Å². The molecule has 2 atom stereocenters. The summed E-state index contributed by atoms with van der Waals surface area (Å²) in [6, 6.07) is 9.47. The number of hydrogen-bond acceptors (Lipinski definition) is 5. The van der Waals surface area contributed by atoms with Crippen LogP contribution >= 0.6 is 0 Å². The highest BCUT2D eigenvalue weighted by atomic mass is 16.5. The monoisotopic (exact) mass is 447 g/mol. The first-order chi connectivity index (χ1) is 15.8. The van der Waals surface area contributed by atoms with Crippen molar-refractivity contribution in [2.45, 2.75) is 37.8 Å². The lowest BCUT2D eigenvalue weighted by Gasteiger charge is -2.32. The lowest BCUT2D eigenvalue weighted by Crippen LogP contribution is -2.40. The van der Waals surface area contributed by atoms with Crippen LogP contribution in [0.5, 0.6) is 5.75 Å². The van der Waals surface area contributed by atoms with E-state index in [0.29, 0.717) is 25.2 Å². The highest BCUT2D eigenvalue weighted by Gasteiger charge is 2.31. The van der Waals surface area contributed by atoms with Crippen molar-refractivity contribution in [3.63, 3.8) is 0 Å². The van der Waals surface area contributed by atoms with Gasteiger partial charge in [-0.05, 0) is 49.6 Å². The molecule has 1 aliphatic heterocycles. The summed E-state index contributed by atoms with van der Waals surface area (Å²) in [4.78, 5) is 26.1. The van der Waals surface area contributed by atoms with Gasteiger partial charge in [-0.2, -0.15) is 5.10 Å². The second-order valence-electron chi connectivity index (χ2n) is 8.63. The maximum Gasteiger partial charge on any atom is 0.254 e. The maximum atomic E-state index is 12.3. The number of nitrogens with zero attached hydrogens (tertiary/aromatic N) is 3. The van der Waals surface area contributed by atoms with E-state index in [1.807, 2.05) is 55.5 Å². The van der Waals surface area contributed by atoms with Crippen LogP contribution in [0, 0.1) is 0 Å². The van der Waals surface area contributed by atoms with E-state index in [0.717, 1.165) is 24.2 Å². The second kappa shape index (κ2) is 8.97. The number of carbonyl (C=O) groups excluding carboxylic acids is 2. The molecule has 4 rings (SSSR count). The number of nitrogens with two attached hydrogens (primary N) is 2. The summed E-state index contributed by atoms with van der Waals surface area (Å²) < 4.78 is 7.79. The number of benzene rings is 1. The minimum Gasteiger partial charge on any atom is -0.483 e. The smallest absolute Gasteiger partial charge is 0.254 e. The zero-order valence-corrected chi connectivity index (χ0v) is 18.7. The fourth-order valence-electron chi connectivity index (χ4n) is 4.38. The third kappa shape index (κ3) is 4.55. The second-order valence-corrected chi connectivity index (χ2v) is 8.63. The Morgan fingerprint density at radius 2 is 2.06 bits per heavy atom. The molecule has 2 amide bonds. The van der Waals surface area contributed by atoms with E-state index >= 15 is 0 Å². The molecular weight excluding hydrogens is 418 g/mol. The number of ether oxygens (including phenoxy) is 1. The summed E-state index contributed by atoms with van der Waals surface area (Å²) >= 11 is 0. The van der Waals surface area contributed by atoms with Gasteiger partial charge in [-0.3, -0.25) is 9.59 Å². The van der Waals surface area contributed by atoms with E-state index < -0.39 is 11.5 Å². The van der Waals surface area contributed by atoms with Crippen molar-refractivity contribution in [3.05, 3.63) is 72.5 Å². The molecule has 1 unspecified atom stereocenters. The zero-order chi connectivity index (χ0) is 23.6. The number of allylic oxidation sites excluding steroid dienone is 2. The number of rotatable bonds is 6. The molecule has 0 saturated carbocycles. The van der Waals surface area contributed by atoms with E-state index in [2.05, 4.69) is 6.58 Å². The lowest BCUT2D eigenvalue weighted by molar-refractivity contribution is -0.127. The van der Waals surface area contributed by atoms with E-state index in [4.69, 9.17) is 21.3 Å². The molecule has 0 bridgehead atoms. The third-order valence-corrected chi connectivity index (χ3v) is 6.13. The lowest BCUT2D eigenvalue weighted by atomic mass is 9.91. The number of carbonyl (C=O) groups is 2. The Labute approximate surface area is 193 Å². The SMILES string of the molecule is C=CC(=O)N1CCC[C@@H](n2nc(C3=CCC(C)(Oc4ccccc4)C=C3)c(C(N)=O)c2N)C1. The van der Waals surface area contributed by atoms with Crippen molar-refractivity contribution in [2.24, 2.45) is 5.73 Å². The molecule has 2 aromatic rings. The maximum absolute atomic E-state index is 12.3. The average Bonchev–Trinajstić information content (AvgIpc) is 3.16. The van der Waals surface area contributed by atoms with E-state index in [1.165, 1.54) is 6.08 Å². The van der Waals surface area contributed by atoms with Crippen LogP contribution in [0.1, 0.15) is 48.3 Å². The fraction of sp³-hybridized carbons (Fsp3) is 0.320. The summed E-state index contributed by atoms with van der Waals surface area (Å²) in [7, 11) is 0. The number of nitrogen functional groups attached to an aromatic ring is 1. The first-order valence-electron chi connectivity index (χ1n) is 11.0. The molecule has 8 nitrogen and oxygen atoms in total. The highest BCUT2D eigenvalue weighted by Crippen LogP contribution is 2.34. The van der Waals surface area contributed by atoms with E-state index in [9.17, 15) is 9.59 Å². The Hall–Kier alpha value is -3.81. The first-order valence-corrected chi connectivity index (χ1v) is 11.0. The number of aromatic nitrogens is 2. The number of para-hydroxylation sites is 1. The molecule has 1 aliphatic carbocycles. The standard InChI is InChI=1S/C25H29N5O3/c1-3-20(31)29-15-7-8-18(16-29)30-23(26)21(24(27)32)22(28-30)17-11-13-25(2,14-12-17)33-19-9-5-4-6-10-19/h3-6,9-13,18H,1,7-8,14-16,26H2,2H3,(H2,27,32)/t18-,25?/m1/s1. The highest BCUT2D eigenvalue weighted by molar-refractivity contribution is 6.02. The summed E-state index contributed by atoms with van der Waals surface area (Å²) in [6.07, 6.45) is 9.32. The Kier molecular flexibility index (Phi) is 6.09. The Morgan fingerprint density at radius 1 is 1.30 bits per heavy atom. The number of piperidine rings is 1. The van der Waals surface area contributed by atoms with Crippen molar-refractivity contribution < 1.29 is 14.3 Å². The van der Waals surface area contributed by atoms with Gasteiger partial charge in [-0.25, -0.2) is 4.68 Å². The molecule has 1 fully saturated rings. The molecule has 172 valence electrons. The van der Waals surface area contributed by atoms with Crippen LogP contribution in [-0.4, -0.2) is 45.2 Å². The first kappa shape index (κ1) is 22.4. The van der Waals surface area contributed by atoms with Crippen LogP contribution in [0.3, 0.4) is 0 Å². The molecule has 0 radical (unpaired) electrons. The van der Waals surface area contributed by atoms with E-state index in [-0.39, 0.29) is 23.3 Å². The number of hydrogen-bond donors (Lipinski definition) is 2. The number of primary amides is 1. The van der Waals surface area contributed by atoms with Gasteiger partial charge >= 0.3 is 0 Å². The van der Waals surface area contributed by atoms with Crippen molar-refractivity contribution in [3.8, 4) is 5.75 Å². The molecule has 1 aromatic carbocycles. The number of likely N-dealkylation sites (tertiary alicyclic amines) is 1. The van der Waals surface area contributed by atoms with Gasteiger partial charge in [-0.15, -0.1) is 0 Å².